The second-order valence-electron chi connectivity index (χ2n) is 4.34. The van der Waals surface area contributed by atoms with Gasteiger partial charge in [-0.15, -0.1) is 0 Å². The van der Waals surface area contributed by atoms with Crippen molar-refractivity contribution in [1.82, 2.24) is 0 Å². The summed E-state index contributed by atoms with van der Waals surface area (Å²) < 4.78 is 0. The molecule has 6 N–H and O–H groups in total. The molecule has 1 aromatic carbocycles. The largest absolute Gasteiger partial charge is 0.394 e. The number of hydrogen-bond acceptors (Lipinski definition) is 8. The predicted octanol–water partition coefficient (Wildman–Crippen LogP) is -1.50. The van der Waals surface area contributed by atoms with E-state index in [4.69, 9.17) is 10.9 Å². The summed E-state index contributed by atoms with van der Waals surface area (Å²) in [5.74, 6) is 5.14. The summed E-state index contributed by atoms with van der Waals surface area (Å²) in [6.07, 6.45) is -3.52. The number of nitrogens with zero attached hydrogens (tertiary/aromatic N) is 3. The molecular formula is C13H20N4O4. The Morgan fingerprint density at radius 3 is 2.43 bits per heavy atom. The molecule has 21 heavy (non-hydrogen) atoms. The van der Waals surface area contributed by atoms with Gasteiger partial charge in [0, 0.05) is 7.05 Å². The highest BCUT2D eigenvalue weighted by Crippen LogP contribution is 2.10. The molecule has 0 aliphatic rings. The van der Waals surface area contributed by atoms with Crippen molar-refractivity contribution in [1.29, 1.82) is 0 Å². The van der Waals surface area contributed by atoms with Crippen LogP contribution in [0.3, 0.4) is 0 Å². The number of para-hydroxylation sites is 1. The molecule has 0 aliphatic heterocycles. The number of rotatable bonds is 7. The molecule has 0 aliphatic carbocycles. The molecule has 0 amide bonds. The van der Waals surface area contributed by atoms with Crippen LogP contribution in [0.15, 0.2) is 40.5 Å². The molecule has 0 saturated heterocycles. The summed E-state index contributed by atoms with van der Waals surface area (Å²) in [6.45, 7) is -0.697. The van der Waals surface area contributed by atoms with Crippen LogP contribution in [-0.4, -0.2) is 64.3 Å². The van der Waals surface area contributed by atoms with Gasteiger partial charge in [-0.3, -0.25) is 5.01 Å². The third kappa shape index (κ3) is 4.80. The summed E-state index contributed by atoms with van der Waals surface area (Å²) in [7, 11) is 1.69. The highest BCUT2D eigenvalue weighted by Gasteiger charge is 2.27. The molecule has 0 heterocycles. The second kappa shape index (κ2) is 8.32. The van der Waals surface area contributed by atoms with Gasteiger partial charge in [0.1, 0.15) is 24.0 Å². The molecule has 8 nitrogen and oxygen atoms in total. The summed E-state index contributed by atoms with van der Waals surface area (Å²) in [5, 5.41) is 46.3. The fraction of sp³-hybridized carbons (Fsp3) is 0.385. The molecule has 8 heteroatoms. The highest BCUT2D eigenvalue weighted by molar-refractivity contribution is 6.32. The first-order valence-electron chi connectivity index (χ1n) is 6.26. The van der Waals surface area contributed by atoms with Crippen LogP contribution < -0.4 is 10.9 Å². The maximum absolute atomic E-state index is 9.82. The molecule has 0 fully saturated rings. The number of hydrogen-bond donors (Lipinski definition) is 5. The van der Waals surface area contributed by atoms with Gasteiger partial charge >= 0.3 is 0 Å². The van der Waals surface area contributed by atoms with Gasteiger partial charge in [-0.05, 0) is 12.1 Å². The van der Waals surface area contributed by atoms with Gasteiger partial charge in [-0.25, -0.2) is 0 Å². The van der Waals surface area contributed by atoms with E-state index < -0.39 is 24.9 Å². The fourth-order valence-corrected chi connectivity index (χ4v) is 1.54. The lowest BCUT2D eigenvalue weighted by atomic mass is 10.0. The zero-order chi connectivity index (χ0) is 15.8. The monoisotopic (exact) mass is 296 g/mol. The number of aliphatic hydroxyl groups is 4. The van der Waals surface area contributed by atoms with E-state index in [0.29, 0.717) is 0 Å². The van der Waals surface area contributed by atoms with Gasteiger partial charge in [0.2, 0.25) is 0 Å². The van der Waals surface area contributed by atoms with Crippen LogP contribution in [0.4, 0.5) is 5.69 Å². The Bertz CT molecular complexity index is 480. The molecule has 0 saturated carbocycles. The maximum atomic E-state index is 9.82. The molecule has 1 rings (SSSR count). The van der Waals surface area contributed by atoms with Gasteiger partial charge in [0.25, 0.3) is 0 Å². The Kier molecular flexibility index (Phi) is 6.76. The van der Waals surface area contributed by atoms with Crippen molar-refractivity contribution < 1.29 is 20.4 Å². The molecular weight excluding hydrogens is 276 g/mol. The number of nitrogens with two attached hydrogens (primary N) is 1. The fourth-order valence-electron chi connectivity index (χ4n) is 1.54. The predicted molar refractivity (Wildman–Crippen MR) is 80.1 cm³/mol. The van der Waals surface area contributed by atoms with Crippen molar-refractivity contribution in [2.45, 2.75) is 18.3 Å². The minimum Gasteiger partial charge on any atom is -0.394 e. The summed E-state index contributed by atoms with van der Waals surface area (Å²) in [5.41, 5.74) is 0.674. The average Bonchev–Trinajstić information content (AvgIpc) is 2.54. The van der Waals surface area contributed by atoms with E-state index in [-0.39, 0.29) is 5.71 Å². The lowest BCUT2D eigenvalue weighted by Crippen LogP contribution is -2.44. The van der Waals surface area contributed by atoms with Crippen molar-refractivity contribution in [3.8, 4) is 0 Å². The molecule has 0 radical (unpaired) electrons. The first-order chi connectivity index (χ1) is 10.0. The maximum Gasteiger partial charge on any atom is 0.128 e. The summed E-state index contributed by atoms with van der Waals surface area (Å²) in [6, 6.07) is 9.21. The van der Waals surface area contributed by atoms with Crippen LogP contribution in [0.5, 0.6) is 0 Å². The van der Waals surface area contributed by atoms with E-state index in [9.17, 15) is 15.3 Å². The van der Waals surface area contributed by atoms with Crippen LogP contribution >= 0.6 is 0 Å². The van der Waals surface area contributed by atoms with Crippen LogP contribution in [0.1, 0.15) is 0 Å². The minimum absolute atomic E-state index is 0.127. The molecule has 0 aromatic heterocycles. The third-order valence-corrected chi connectivity index (χ3v) is 2.85. The quantitative estimate of drug-likeness (QED) is 0.236. The minimum atomic E-state index is -1.62. The summed E-state index contributed by atoms with van der Waals surface area (Å²) >= 11 is 0. The van der Waals surface area contributed by atoms with E-state index >= 15 is 0 Å². The Balaban J connectivity index is 2.76. The number of anilines is 1. The van der Waals surface area contributed by atoms with Gasteiger partial charge in [-0.2, -0.15) is 10.2 Å². The standard InChI is InChI=1S/C13H20N4O4/c1-17(9-5-3-2-4-6-9)15-7-10(16-14)12(20)13(21)11(19)8-18/h2-7,11-13,18-21H,8,14H2,1H3/b15-7-,16-10+/t11-,12-,13-/m0/s1. The normalized spacial score (nSPS) is 16.7. The molecule has 0 unspecified atom stereocenters. The average molecular weight is 296 g/mol. The topological polar surface area (TPSA) is 135 Å². The lowest BCUT2D eigenvalue weighted by molar-refractivity contribution is -0.0549. The number of benzene rings is 1. The van der Waals surface area contributed by atoms with Gasteiger partial charge in [0.05, 0.1) is 18.5 Å². The van der Waals surface area contributed by atoms with E-state index in [1.54, 1.807) is 7.05 Å². The SMILES string of the molecule is CN(/N=C\C(=N/N)[C@H](O)[C@@H](O)[C@@H](O)CO)c1ccccc1. The van der Waals surface area contributed by atoms with Crippen molar-refractivity contribution in [3.05, 3.63) is 30.3 Å². The van der Waals surface area contributed by atoms with Crippen LogP contribution in [0.25, 0.3) is 0 Å². The van der Waals surface area contributed by atoms with Crippen LogP contribution in [-0.2, 0) is 0 Å². The Labute approximate surface area is 122 Å². The molecule has 0 spiro atoms. The lowest BCUT2D eigenvalue weighted by Gasteiger charge is -2.21. The highest BCUT2D eigenvalue weighted by atomic mass is 16.4. The zero-order valence-corrected chi connectivity index (χ0v) is 11.6. The smallest absolute Gasteiger partial charge is 0.128 e. The Hall–Kier alpha value is -2.00. The molecule has 1 aromatic rings. The second-order valence-corrected chi connectivity index (χ2v) is 4.34. The van der Waals surface area contributed by atoms with Gasteiger partial charge < -0.3 is 26.3 Å². The van der Waals surface area contributed by atoms with Crippen molar-refractivity contribution in [2.24, 2.45) is 16.0 Å². The van der Waals surface area contributed by atoms with Crippen LogP contribution in [0, 0.1) is 0 Å². The van der Waals surface area contributed by atoms with Crippen molar-refractivity contribution in [2.75, 3.05) is 18.7 Å². The number of hydrazone groups is 2. The zero-order valence-electron chi connectivity index (χ0n) is 11.6. The van der Waals surface area contributed by atoms with E-state index in [2.05, 4.69) is 10.2 Å². The third-order valence-electron chi connectivity index (χ3n) is 2.85. The van der Waals surface area contributed by atoms with E-state index in [0.717, 1.165) is 5.69 Å². The first-order valence-corrected chi connectivity index (χ1v) is 6.26. The molecule has 116 valence electrons. The first kappa shape index (κ1) is 17.1. The van der Waals surface area contributed by atoms with E-state index in [1.165, 1.54) is 11.2 Å². The molecule has 0 bridgehead atoms. The van der Waals surface area contributed by atoms with Crippen molar-refractivity contribution >= 4 is 17.6 Å². The Morgan fingerprint density at radius 2 is 1.90 bits per heavy atom. The summed E-state index contributed by atoms with van der Waals surface area (Å²) in [4.78, 5) is 0. The van der Waals surface area contributed by atoms with Crippen molar-refractivity contribution in [3.63, 3.8) is 0 Å². The molecule has 3 atom stereocenters. The van der Waals surface area contributed by atoms with E-state index in [1.807, 2.05) is 30.3 Å². The van der Waals surface area contributed by atoms with Gasteiger partial charge in [0.15, 0.2) is 0 Å². The Morgan fingerprint density at radius 1 is 1.29 bits per heavy atom. The van der Waals surface area contributed by atoms with Crippen LogP contribution in [0.2, 0.25) is 0 Å². The van der Waals surface area contributed by atoms with Gasteiger partial charge in [-0.1, -0.05) is 18.2 Å². The number of aliphatic hydroxyl groups excluding tert-OH is 4.